The lowest BCUT2D eigenvalue weighted by Crippen LogP contribution is -2.02. The third kappa shape index (κ3) is 2.25. The van der Waals surface area contributed by atoms with Crippen molar-refractivity contribution in [2.75, 3.05) is 0 Å². The summed E-state index contributed by atoms with van der Waals surface area (Å²) in [4.78, 5) is 0. The van der Waals surface area contributed by atoms with Crippen LogP contribution in [0.1, 0.15) is 32.1 Å². The molecule has 0 unspecified atom stereocenters. The quantitative estimate of drug-likeness (QED) is 0.464. The van der Waals surface area contributed by atoms with Crippen LogP contribution in [-0.2, 0) is 0 Å². The first-order valence-electron chi connectivity index (χ1n) is 4.06. The number of hydrogen-bond acceptors (Lipinski definition) is 0. The fourth-order valence-electron chi connectivity index (χ4n) is 1.60. The molecule has 0 radical (unpaired) electrons. The Morgan fingerprint density at radius 1 is 1.11 bits per heavy atom. The molecule has 0 aromatic carbocycles. The molecule has 0 bridgehead atoms. The van der Waals surface area contributed by atoms with Crippen molar-refractivity contribution in [2.24, 2.45) is 5.92 Å². The monoisotopic (exact) mass is 122 g/mol. The largest absolute Gasteiger partial charge is 0.129 e. The Labute approximate surface area is 58.8 Å². The van der Waals surface area contributed by atoms with Crippen LogP contribution in [-0.4, -0.2) is 7.85 Å². The molecule has 0 aromatic heterocycles. The maximum atomic E-state index is 2.36. The van der Waals surface area contributed by atoms with Crippen LogP contribution in [0.15, 0.2) is 12.1 Å². The van der Waals surface area contributed by atoms with Crippen molar-refractivity contribution in [3.63, 3.8) is 0 Å². The van der Waals surface area contributed by atoms with E-state index >= 15 is 0 Å². The van der Waals surface area contributed by atoms with E-state index in [-0.39, 0.29) is 0 Å². The standard InChI is InChI=1S/C8H15B/c9-7-6-8-4-2-1-3-5-8/h6-8H,1-5,9H2/b7-6+. The Balaban J connectivity index is 2.23. The zero-order chi connectivity index (χ0) is 6.53. The van der Waals surface area contributed by atoms with Gasteiger partial charge in [-0.15, -0.1) is 5.98 Å². The van der Waals surface area contributed by atoms with E-state index in [0.29, 0.717) is 0 Å². The van der Waals surface area contributed by atoms with Crippen molar-refractivity contribution >= 4 is 7.85 Å². The van der Waals surface area contributed by atoms with Crippen LogP contribution in [0.25, 0.3) is 0 Å². The van der Waals surface area contributed by atoms with Crippen LogP contribution < -0.4 is 0 Å². The summed E-state index contributed by atoms with van der Waals surface area (Å²) in [6.45, 7) is 0. The summed E-state index contributed by atoms with van der Waals surface area (Å²) >= 11 is 0. The van der Waals surface area contributed by atoms with Crippen LogP contribution in [0.3, 0.4) is 0 Å². The van der Waals surface area contributed by atoms with E-state index in [2.05, 4.69) is 19.9 Å². The van der Waals surface area contributed by atoms with Gasteiger partial charge in [-0.05, 0) is 18.8 Å². The number of allylic oxidation sites excluding steroid dienone is 1. The summed E-state index contributed by atoms with van der Waals surface area (Å²) in [5.41, 5.74) is 0. The first-order valence-corrected chi connectivity index (χ1v) is 4.06. The molecule has 0 nitrogen and oxygen atoms in total. The second-order valence-electron chi connectivity index (χ2n) is 2.92. The summed E-state index contributed by atoms with van der Waals surface area (Å²) in [6, 6.07) is 0. The Morgan fingerprint density at radius 2 is 1.78 bits per heavy atom. The smallest absolute Gasteiger partial charge is 0.127 e. The second-order valence-corrected chi connectivity index (χ2v) is 2.92. The van der Waals surface area contributed by atoms with Gasteiger partial charge in [0.2, 0.25) is 0 Å². The average Bonchev–Trinajstić information content (AvgIpc) is 1.91. The molecule has 9 heavy (non-hydrogen) atoms. The fourth-order valence-corrected chi connectivity index (χ4v) is 1.60. The van der Waals surface area contributed by atoms with Gasteiger partial charge in [0, 0.05) is 0 Å². The number of hydrogen-bond donors (Lipinski definition) is 0. The van der Waals surface area contributed by atoms with Gasteiger partial charge in [0.05, 0.1) is 0 Å². The van der Waals surface area contributed by atoms with E-state index in [9.17, 15) is 0 Å². The highest BCUT2D eigenvalue weighted by molar-refractivity contribution is 6.16. The molecule has 0 saturated heterocycles. The van der Waals surface area contributed by atoms with Crippen LogP contribution in [0, 0.1) is 5.92 Å². The number of rotatable bonds is 1. The molecule has 1 heteroatoms. The predicted molar refractivity (Wildman–Crippen MR) is 44.3 cm³/mol. The minimum Gasteiger partial charge on any atom is -0.127 e. The van der Waals surface area contributed by atoms with E-state index in [4.69, 9.17) is 0 Å². The molecule has 1 fully saturated rings. The SMILES string of the molecule is B/C=C/C1CCCCC1. The lowest BCUT2D eigenvalue weighted by atomic mass is 9.88. The molecule has 0 heterocycles. The van der Waals surface area contributed by atoms with Gasteiger partial charge in [0.25, 0.3) is 0 Å². The molecule has 0 N–H and O–H groups in total. The molecular formula is C8H15B. The molecule has 0 atom stereocenters. The Bertz CT molecular complexity index is 90.7. The zero-order valence-corrected chi connectivity index (χ0v) is 6.27. The highest BCUT2D eigenvalue weighted by Crippen LogP contribution is 2.23. The van der Waals surface area contributed by atoms with Crippen molar-refractivity contribution in [3.05, 3.63) is 12.1 Å². The van der Waals surface area contributed by atoms with Crippen LogP contribution in [0.4, 0.5) is 0 Å². The topological polar surface area (TPSA) is 0 Å². The van der Waals surface area contributed by atoms with E-state index in [0.717, 1.165) is 5.92 Å². The Kier molecular flexibility index (Phi) is 2.89. The van der Waals surface area contributed by atoms with E-state index in [1.807, 2.05) is 0 Å². The van der Waals surface area contributed by atoms with E-state index in [1.54, 1.807) is 0 Å². The van der Waals surface area contributed by atoms with Gasteiger partial charge >= 0.3 is 0 Å². The molecule has 0 aromatic rings. The van der Waals surface area contributed by atoms with Crippen molar-refractivity contribution in [2.45, 2.75) is 32.1 Å². The molecule has 1 aliphatic rings. The molecule has 50 valence electrons. The summed E-state index contributed by atoms with van der Waals surface area (Å²) in [5, 5.41) is 0. The van der Waals surface area contributed by atoms with Gasteiger partial charge < -0.3 is 0 Å². The highest BCUT2D eigenvalue weighted by atomic mass is 14.1. The lowest BCUT2D eigenvalue weighted by molar-refractivity contribution is 0.420. The van der Waals surface area contributed by atoms with Crippen molar-refractivity contribution in [1.82, 2.24) is 0 Å². The summed E-state index contributed by atoms with van der Waals surface area (Å²) in [7, 11) is 2.12. The Hall–Kier alpha value is -0.195. The molecular weight excluding hydrogens is 107 g/mol. The van der Waals surface area contributed by atoms with Gasteiger partial charge in [0.1, 0.15) is 7.85 Å². The van der Waals surface area contributed by atoms with E-state index < -0.39 is 0 Å². The third-order valence-electron chi connectivity index (χ3n) is 2.11. The second kappa shape index (κ2) is 3.76. The first-order chi connectivity index (χ1) is 4.43. The van der Waals surface area contributed by atoms with Gasteiger partial charge in [-0.1, -0.05) is 25.3 Å². The molecule has 1 rings (SSSR count). The fraction of sp³-hybridized carbons (Fsp3) is 0.750. The minimum atomic E-state index is 0.920. The van der Waals surface area contributed by atoms with Crippen LogP contribution in [0.2, 0.25) is 0 Å². The molecule has 0 spiro atoms. The lowest BCUT2D eigenvalue weighted by Gasteiger charge is -2.17. The van der Waals surface area contributed by atoms with Crippen molar-refractivity contribution in [1.29, 1.82) is 0 Å². The minimum absolute atomic E-state index is 0.920. The highest BCUT2D eigenvalue weighted by Gasteiger charge is 2.08. The third-order valence-corrected chi connectivity index (χ3v) is 2.11. The van der Waals surface area contributed by atoms with Crippen molar-refractivity contribution < 1.29 is 0 Å². The summed E-state index contributed by atoms with van der Waals surface area (Å²) in [5.74, 6) is 3.11. The average molecular weight is 122 g/mol. The molecule has 1 aliphatic carbocycles. The van der Waals surface area contributed by atoms with Crippen LogP contribution >= 0.6 is 0 Å². The Morgan fingerprint density at radius 3 is 2.33 bits per heavy atom. The van der Waals surface area contributed by atoms with E-state index in [1.165, 1.54) is 32.1 Å². The van der Waals surface area contributed by atoms with Gasteiger partial charge in [-0.2, -0.15) is 0 Å². The molecule has 1 saturated carbocycles. The van der Waals surface area contributed by atoms with Gasteiger partial charge in [0.15, 0.2) is 0 Å². The van der Waals surface area contributed by atoms with Crippen molar-refractivity contribution in [3.8, 4) is 0 Å². The first kappa shape index (κ1) is 6.92. The summed E-state index contributed by atoms with van der Waals surface area (Å²) in [6.07, 6.45) is 9.60. The van der Waals surface area contributed by atoms with Gasteiger partial charge in [-0.3, -0.25) is 0 Å². The zero-order valence-electron chi connectivity index (χ0n) is 6.27. The maximum Gasteiger partial charge on any atom is 0.129 e. The molecule has 0 amide bonds. The predicted octanol–water partition coefficient (Wildman–Crippen LogP) is 1.71. The molecule has 0 aliphatic heterocycles. The maximum absolute atomic E-state index is 2.36. The van der Waals surface area contributed by atoms with Gasteiger partial charge in [-0.25, -0.2) is 0 Å². The normalized spacial score (nSPS) is 23.1. The van der Waals surface area contributed by atoms with Crippen LogP contribution in [0.5, 0.6) is 0 Å². The summed E-state index contributed by atoms with van der Waals surface area (Å²) < 4.78 is 0.